The SMILES string of the molecule is CCCCCC1C=CC(CCCCC(=O)OCC2CO2)C(C(=O)OCC2CO2)C1C(=O)OCC1CO1. The molecule has 9 heteroatoms. The predicted octanol–water partition coefficient (Wildman–Crippen LogP) is 2.99. The molecule has 9 nitrogen and oxygen atoms in total. The molecule has 7 atom stereocenters. The first-order valence-corrected chi connectivity index (χ1v) is 13.6. The molecule has 0 saturated carbocycles. The lowest BCUT2D eigenvalue weighted by atomic mass is 9.67. The summed E-state index contributed by atoms with van der Waals surface area (Å²) >= 11 is 0. The first-order valence-electron chi connectivity index (χ1n) is 13.6. The number of ether oxygens (including phenoxy) is 6. The summed E-state index contributed by atoms with van der Waals surface area (Å²) in [6.07, 6.45) is 10.5. The van der Waals surface area contributed by atoms with E-state index in [-0.39, 0.29) is 61.3 Å². The van der Waals surface area contributed by atoms with Gasteiger partial charge >= 0.3 is 17.9 Å². The molecule has 0 amide bonds. The summed E-state index contributed by atoms with van der Waals surface area (Å²) in [4.78, 5) is 38.6. The summed E-state index contributed by atoms with van der Waals surface area (Å²) in [5.74, 6) is -2.39. The predicted molar refractivity (Wildman–Crippen MR) is 128 cm³/mol. The van der Waals surface area contributed by atoms with Crippen LogP contribution in [0.15, 0.2) is 12.2 Å². The highest BCUT2D eigenvalue weighted by molar-refractivity contribution is 5.83. The highest BCUT2D eigenvalue weighted by Gasteiger charge is 2.47. The van der Waals surface area contributed by atoms with Crippen LogP contribution >= 0.6 is 0 Å². The molecule has 4 rings (SSSR count). The van der Waals surface area contributed by atoms with E-state index in [9.17, 15) is 14.4 Å². The van der Waals surface area contributed by atoms with Crippen molar-refractivity contribution in [1.29, 1.82) is 0 Å². The van der Waals surface area contributed by atoms with Crippen LogP contribution in [0, 0.1) is 23.7 Å². The molecular formula is C27H40O9. The fraction of sp³-hybridized carbons (Fsp3) is 0.815. The average molecular weight is 509 g/mol. The van der Waals surface area contributed by atoms with Crippen LogP contribution < -0.4 is 0 Å². The zero-order chi connectivity index (χ0) is 25.3. The quantitative estimate of drug-likeness (QED) is 0.0961. The van der Waals surface area contributed by atoms with Gasteiger partial charge in [0, 0.05) is 6.42 Å². The topological polar surface area (TPSA) is 116 Å². The molecule has 3 heterocycles. The minimum atomic E-state index is -0.619. The third kappa shape index (κ3) is 8.85. The maximum absolute atomic E-state index is 13.3. The molecule has 0 aromatic carbocycles. The van der Waals surface area contributed by atoms with E-state index in [1.807, 2.05) is 0 Å². The Morgan fingerprint density at radius 2 is 1.14 bits per heavy atom. The van der Waals surface area contributed by atoms with Gasteiger partial charge in [0.1, 0.15) is 38.1 Å². The van der Waals surface area contributed by atoms with Crippen molar-refractivity contribution in [3.8, 4) is 0 Å². The fourth-order valence-corrected chi connectivity index (χ4v) is 4.82. The van der Waals surface area contributed by atoms with Gasteiger partial charge in [0.05, 0.1) is 31.7 Å². The molecule has 1 aliphatic carbocycles. The molecule has 202 valence electrons. The minimum Gasteiger partial charge on any atom is -0.463 e. The second-order valence-electron chi connectivity index (χ2n) is 10.3. The zero-order valence-electron chi connectivity index (χ0n) is 21.3. The van der Waals surface area contributed by atoms with Crippen LogP contribution in [0.2, 0.25) is 0 Å². The Kier molecular flexibility index (Phi) is 10.2. The van der Waals surface area contributed by atoms with Crippen molar-refractivity contribution in [3.63, 3.8) is 0 Å². The van der Waals surface area contributed by atoms with Crippen molar-refractivity contribution < 1.29 is 42.8 Å². The van der Waals surface area contributed by atoms with Gasteiger partial charge in [-0.05, 0) is 31.1 Å². The van der Waals surface area contributed by atoms with E-state index in [1.165, 1.54) is 0 Å². The second-order valence-corrected chi connectivity index (χ2v) is 10.3. The van der Waals surface area contributed by atoms with Crippen molar-refractivity contribution in [3.05, 3.63) is 12.2 Å². The lowest BCUT2D eigenvalue weighted by Gasteiger charge is -2.37. The number of esters is 3. The number of epoxide rings is 3. The van der Waals surface area contributed by atoms with Crippen molar-refractivity contribution in [2.24, 2.45) is 23.7 Å². The van der Waals surface area contributed by atoms with Crippen molar-refractivity contribution in [2.45, 2.75) is 76.6 Å². The Morgan fingerprint density at radius 1 is 0.694 bits per heavy atom. The summed E-state index contributed by atoms with van der Waals surface area (Å²) < 4.78 is 31.9. The van der Waals surface area contributed by atoms with Crippen molar-refractivity contribution in [1.82, 2.24) is 0 Å². The van der Waals surface area contributed by atoms with Crippen LogP contribution in [0.25, 0.3) is 0 Å². The molecule has 0 bridgehead atoms. The Balaban J connectivity index is 1.38. The van der Waals surface area contributed by atoms with E-state index in [4.69, 9.17) is 28.4 Å². The largest absolute Gasteiger partial charge is 0.463 e. The highest BCUT2D eigenvalue weighted by atomic mass is 16.6. The molecule has 3 fully saturated rings. The average Bonchev–Trinajstić information content (AvgIpc) is 3.72. The Hall–Kier alpha value is -1.97. The number of allylic oxidation sites excluding steroid dienone is 2. The van der Waals surface area contributed by atoms with Crippen LogP contribution in [0.5, 0.6) is 0 Å². The van der Waals surface area contributed by atoms with Gasteiger partial charge in [0.15, 0.2) is 0 Å². The number of rotatable bonds is 17. The highest BCUT2D eigenvalue weighted by Crippen LogP contribution is 2.41. The molecule has 4 aliphatic rings. The molecular weight excluding hydrogens is 468 g/mol. The lowest BCUT2D eigenvalue weighted by Crippen LogP contribution is -2.43. The molecule has 3 saturated heterocycles. The third-order valence-corrected chi connectivity index (χ3v) is 7.23. The van der Waals surface area contributed by atoms with Crippen LogP contribution in [0.3, 0.4) is 0 Å². The maximum atomic E-state index is 13.3. The van der Waals surface area contributed by atoms with Crippen LogP contribution in [0.4, 0.5) is 0 Å². The van der Waals surface area contributed by atoms with Crippen LogP contribution in [0.1, 0.15) is 58.3 Å². The van der Waals surface area contributed by atoms with Gasteiger partial charge in [0.25, 0.3) is 0 Å². The lowest BCUT2D eigenvalue weighted by molar-refractivity contribution is -0.166. The first-order chi connectivity index (χ1) is 17.5. The number of unbranched alkanes of at least 4 members (excludes halogenated alkanes) is 3. The smallest absolute Gasteiger partial charge is 0.310 e. The zero-order valence-corrected chi connectivity index (χ0v) is 21.3. The molecule has 36 heavy (non-hydrogen) atoms. The monoisotopic (exact) mass is 508 g/mol. The van der Waals surface area contributed by atoms with E-state index in [1.54, 1.807) is 0 Å². The second kappa shape index (κ2) is 13.5. The number of hydrogen-bond donors (Lipinski definition) is 0. The van der Waals surface area contributed by atoms with E-state index < -0.39 is 11.8 Å². The van der Waals surface area contributed by atoms with Gasteiger partial charge < -0.3 is 28.4 Å². The molecule has 7 unspecified atom stereocenters. The first kappa shape index (κ1) is 27.1. The van der Waals surface area contributed by atoms with Crippen molar-refractivity contribution >= 4 is 17.9 Å². The van der Waals surface area contributed by atoms with Gasteiger partial charge in [-0.2, -0.15) is 0 Å². The molecule has 3 aliphatic heterocycles. The summed E-state index contributed by atoms with van der Waals surface area (Å²) in [5.41, 5.74) is 0. The standard InChI is InChI=1S/C27H40O9/c1-2-3-4-7-18-10-11-19(8-5-6-9-23(28)34-15-20-12-31-20)25(27(30)36-17-22-14-33-22)24(18)26(29)35-16-21-13-32-21/h10-11,18-22,24-25H,2-9,12-17H2,1H3. The van der Waals surface area contributed by atoms with Crippen molar-refractivity contribution in [2.75, 3.05) is 39.6 Å². The summed E-state index contributed by atoms with van der Waals surface area (Å²) in [5, 5.41) is 0. The van der Waals surface area contributed by atoms with Gasteiger partial charge in [0.2, 0.25) is 0 Å². The summed E-state index contributed by atoms with van der Waals surface area (Å²) in [6.45, 7) is 4.74. The maximum Gasteiger partial charge on any atom is 0.310 e. The Labute approximate surface area is 213 Å². The number of carbonyl (C=O) groups is 3. The van der Waals surface area contributed by atoms with Gasteiger partial charge in [-0.25, -0.2) is 0 Å². The number of carbonyl (C=O) groups excluding carboxylic acids is 3. The summed E-state index contributed by atoms with van der Waals surface area (Å²) in [7, 11) is 0. The van der Waals surface area contributed by atoms with Gasteiger partial charge in [-0.3, -0.25) is 14.4 Å². The molecule has 0 N–H and O–H groups in total. The molecule has 0 spiro atoms. The van der Waals surface area contributed by atoms with Gasteiger partial charge in [-0.15, -0.1) is 0 Å². The number of hydrogen-bond acceptors (Lipinski definition) is 9. The van der Waals surface area contributed by atoms with E-state index in [2.05, 4.69) is 19.1 Å². The van der Waals surface area contributed by atoms with Crippen LogP contribution in [-0.2, 0) is 42.8 Å². The van der Waals surface area contributed by atoms with E-state index in [0.717, 1.165) is 32.1 Å². The fourth-order valence-electron chi connectivity index (χ4n) is 4.82. The Bertz CT molecular complexity index is 769. The molecule has 0 radical (unpaired) electrons. The molecule has 0 aromatic heterocycles. The van der Waals surface area contributed by atoms with E-state index in [0.29, 0.717) is 45.7 Å². The van der Waals surface area contributed by atoms with E-state index >= 15 is 0 Å². The van der Waals surface area contributed by atoms with Crippen LogP contribution in [-0.4, -0.2) is 75.9 Å². The Morgan fingerprint density at radius 3 is 1.58 bits per heavy atom. The van der Waals surface area contributed by atoms with Gasteiger partial charge in [-0.1, -0.05) is 44.8 Å². The normalized spacial score (nSPS) is 32.0. The third-order valence-electron chi connectivity index (χ3n) is 7.23. The summed E-state index contributed by atoms with van der Waals surface area (Å²) in [6, 6.07) is 0. The molecule has 0 aromatic rings. The minimum absolute atomic E-state index is 0.0360.